The lowest BCUT2D eigenvalue weighted by Crippen LogP contribution is -2.09. The fraction of sp³-hybridized carbons (Fsp3) is 0.188. The molecule has 0 aliphatic heterocycles. The maximum atomic E-state index is 13.0. The van der Waals surface area contributed by atoms with Crippen LogP contribution in [0, 0.1) is 12.7 Å². The fourth-order valence-electron chi connectivity index (χ4n) is 1.88. The summed E-state index contributed by atoms with van der Waals surface area (Å²) in [6.45, 7) is 2.35. The number of halogens is 1. The first-order valence-electron chi connectivity index (χ1n) is 6.45. The Morgan fingerprint density at radius 3 is 2.75 bits per heavy atom. The summed E-state index contributed by atoms with van der Waals surface area (Å²) in [5.41, 5.74) is 8.64. The monoisotopic (exact) mass is 272 g/mol. The molecule has 0 aromatic heterocycles. The van der Waals surface area contributed by atoms with E-state index in [1.54, 1.807) is 24.3 Å². The molecule has 3 nitrogen and oxygen atoms in total. The Labute approximate surface area is 117 Å². The fourth-order valence-corrected chi connectivity index (χ4v) is 1.88. The summed E-state index contributed by atoms with van der Waals surface area (Å²) in [4.78, 5) is 12.0. The van der Waals surface area contributed by atoms with Gasteiger partial charge in [0.1, 0.15) is 5.82 Å². The number of rotatable bonds is 5. The zero-order valence-corrected chi connectivity index (χ0v) is 11.3. The minimum Gasteiger partial charge on any atom is -0.398 e. The van der Waals surface area contributed by atoms with Crippen molar-refractivity contribution in [3.05, 3.63) is 59.4 Å². The van der Waals surface area contributed by atoms with Gasteiger partial charge in [-0.2, -0.15) is 0 Å². The van der Waals surface area contributed by atoms with E-state index in [-0.39, 0.29) is 11.6 Å². The Balaban J connectivity index is 1.90. The van der Waals surface area contributed by atoms with Gasteiger partial charge in [0.05, 0.1) is 0 Å². The van der Waals surface area contributed by atoms with Gasteiger partial charge < -0.3 is 11.1 Å². The first-order chi connectivity index (χ1) is 9.56. The van der Waals surface area contributed by atoms with E-state index in [2.05, 4.69) is 5.32 Å². The Morgan fingerprint density at radius 2 is 2.05 bits per heavy atom. The number of nitrogen functional groups attached to an aromatic ring is 1. The molecule has 104 valence electrons. The largest absolute Gasteiger partial charge is 0.398 e. The second-order valence-corrected chi connectivity index (χ2v) is 4.68. The zero-order valence-electron chi connectivity index (χ0n) is 11.3. The summed E-state index contributed by atoms with van der Waals surface area (Å²) in [6.07, 6.45) is 0.332. The van der Waals surface area contributed by atoms with Gasteiger partial charge in [-0.05, 0) is 36.8 Å². The van der Waals surface area contributed by atoms with Crippen molar-refractivity contribution < 1.29 is 9.18 Å². The maximum absolute atomic E-state index is 13.0. The number of carbonyl (C=O) groups excluding carboxylic acids is 1. The van der Waals surface area contributed by atoms with Crippen LogP contribution in [0.4, 0.5) is 15.8 Å². The van der Waals surface area contributed by atoms with Crippen molar-refractivity contribution in [2.45, 2.75) is 13.3 Å². The number of anilines is 2. The molecule has 0 saturated heterocycles. The molecule has 2 aromatic carbocycles. The van der Waals surface area contributed by atoms with Crippen LogP contribution in [-0.2, 0) is 0 Å². The summed E-state index contributed by atoms with van der Waals surface area (Å²) in [5.74, 6) is -0.284. The van der Waals surface area contributed by atoms with Crippen molar-refractivity contribution in [2.24, 2.45) is 0 Å². The maximum Gasteiger partial charge on any atom is 0.164 e. The summed E-state index contributed by atoms with van der Waals surface area (Å²) < 4.78 is 13.0. The molecule has 0 aliphatic rings. The van der Waals surface area contributed by atoms with Crippen molar-refractivity contribution in [1.29, 1.82) is 0 Å². The van der Waals surface area contributed by atoms with Crippen molar-refractivity contribution in [2.75, 3.05) is 17.6 Å². The van der Waals surface area contributed by atoms with E-state index in [4.69, 9.17) is 5.73 Å². The van der Waals surface area contributed by atoms with Crippen molar-refractivity contribution in [3.63, 3.8) is 0 Å². The normalized spacial score (nSPS) is 10.3. The van der Waals surface area contributed by atoms with Crippen LogP contribution >= 0.6 is 0 Å². The highest BCUT2D eigenvalue weighted by molar-refractivity contribution is 5.97. The van der Waals surface area contributed by atoms with Gasteiger partial charge in [-0.3, -0.25) is 4.79 Å². The van der Waals surface area contributed by atoms with Crippen LogP contribution in [0.15, 0.2) is 42.5 Å². The highest BCUT2D eigenvalue weighted by atomic mass is 19.1. The number of aryl methyl sites for hydroxylation is 1. The summed E-state index contributed by atoms with van der Waals surface area (Å²) in [6, 6.07) is 11.5. The van der Waals surface area contributed by atoms with Gasteiger partial charge in [0.15, 0.2) is 5.78 Å². The average molecular weight is 272 g/mol. The molecule has 2 aromatic rings. The molecule has 0 heterocycles. The molecule has 0 atom stereocenters. The Kier molecular flexibility index (Phi) is 4.35. The number of carbonyl (C=O) groups is 1. The number of ketones is 1. The third-order valence-electron chi connectivity index (χ3n) is 3.11. The molecule has 0 saturated carbocycles. The predicted octanol–water partition coefficient (Wildman–Crippen LogP) is 3.40. The molecule has 3 N–H and O–H groups in total. The van der Waals surface area contributed by atoms with Crippen LogP contribution in [0.3, 0.4) is 0 Å². The molecule has 0 spiro atoms. The van der Waals surface area contributed by atoms with Gasteiger partial charge >= 0.3 is 0 Å². The number of nitrogens with one attached hydrogen (secondary N) is 1. The standard InChI is InChI=1S/C16H17FN2O/c1-11-5-6-12(9-15(11)18)16(20)7-8-19-14-4-2-3-13(17)10-14/h2-6,9-10,19H,7-8,18H2,1H3. The van der Waals surface area contributed by atoms with Gasteiger partial charge in [-0.15, -0.1) is 0 Å². The highest BCUT2D eigenvalue weighted by Crippen LogP contribution is 2.15. The van der Waals surface area contributed by atoms with E-state index in [9.17, 15) is 9.18 Å². The smallest absolute Gasteiger partial charge is 0.164 e. The van der Waals surface area contributed by atoms with Gasteiger partial charge in [-0.25, -0.2) is 4.39 Å². The minimum absolute atomic E-state index is 0.0144. The van der Waals surface area contributed by atoms with E-state index in [1.807, 2.05) is 13.0 Å². The summed E-state index contributed by atoms with van der Waals surface area (Å²) in [5, 5.41) is 3.02. The van der Waals surface area contributed by atoms with Gasteiger partial charge in [-0.1, -0.05) is 18.2 Å². The third-order valence-corrected chi connectivity index (χ3v) is 3.11. The highest BCUT2D eigenvalue weighted by Gasteiger charge is 2.07. The molecule has 20 heavy (non-hydrogen) atoms. The zero-order chi connectivity index (χ0) is 14.5. The SMILES string of the molecule is Cc1ccc(C(=O)CCNc2cccc(F)c2)cc1N. The molecule has 0 unspecified atom stereocenters. The van der Waals surface area contributed by atoms with E-state index >= 15 is 0 Å². The van der Waals surface area contributed by atoms with Gasteiger partial charge in [0.2, 0.25) is 0 Å². The molecular weight excluding hydrogens is 255 g/mol. The van der Waals surface area contributed by atoms with Gasteiger partial charge in [0, 0.05) is 29.9 Å². The summed E-state index contributed by atoms with van der Waals surface area (Å²) >= 11 is 0. The Morgan fingerprint density at radius 1 is 1.25 bits per heavy atom. The molecule has 0 amide bonds. The molecule has 4 heteroatoms. The lowest BCUT2D eigenvalue weighted by atomic mass is 10.0. The van der Waals surface area contributed by atoms with Crippen LogP contribution in [0.2, 0.25) is 0 Å². The van der Waals surface area contributed by atoms with Crippen LogP contribution < -0.4 is 11.1 Å². The van der Waals surface area contributed by atoms with Crippen LogP contribution in [0.5, 0.6) is 0 Å². The van der Waals surface area contributed by atoms with Gasteiger partial charge in [0.25, 0.3) is 0 Å². The lowest BCUT2D eigenvalue weighted by molar-refractivity contribution is 0.0986. The topological polar surface area (TPSA) is 55.1 Å². The van der Waals surface area contributed by atoms with Crippen molar-refractivity contribution in [3.8, 4) is 0 Å². The molecule has 0 aliphatic carbocycles. The molecule has 0 radical (unpaired) electrons. The van der Waals surface area contributed by atoms with E-state index in [1.165, 1.54) is 12.1 Å². The first kappa shape index (κ1) is 14.1. The minimum atomic E-state index is -0.298. The molecule has 0 bridgehead atoms. The van der Waals surface area contributed by atoms with E-state index in [0.717, 1.165) is 5.56 Å². The lowest BCUT2D eigenvalue weighted by Gasteiger charge is -2.07. The number of benzene rings is 2. The quantitative estimate of drug-likeness (QED) is 0.648. The van der Waals surface area contributed by atoms with E-state index < -0.39 is 0 Å². The molecule has 0 fully saturated rings. The summed E-state index contributed by atoms with van der Waals surface area (Å²) in [7, 11) is 0. The third kappa shape index (κ3) is 3.57. The Bertz CT molecular complexity index is 626. The number of nitrogens with two attached hydrogens (primary N) is 1. The van der Waals surface area contributed by atoms with Crippen molar-refractivity contribution >= 4 is 17.2 Å². The number of hydrogen-bond donors (Lipinski definition) is 2. The molecular formula is C16H17FN2O. The average Bonchev–Trinajstić information content (AvgIpc) is 2.42. The van der Waals surface area contributed by atoms with Crippen LogP contribution in [0.1, 0.15) is 22.3 Å². The number of Topliss-reactive ketones (excluding diaryl/α,β-unsaturated/α-hetero) is 1. The second kappa shape index (κ2) is 6.19. The van der Waals surface area contributed by atoms with Crippen molar-refractivity contribution in [1.82, 2.24) is 0 Å². The van der Waals surface area contributed by atoms with Crippen LogP contribution in [-0.4, -0.2) is 12.3 Å². The first-order valence-corrected chi connectivity index (χ1v) is 6.45. The molecule has 2 rings (SSSR count). The van der Waals surface area contributed by atoms with E-state index in [0.29, 0.717) is 29.9 Å². The second-order valence-electron chi connectivity index (χ2n) is 4.68. The van der Waals surface area contributed by atoms with Crippen LogP contribution in [0.25, 0.3) is 0 Å². The number of hydrogen-bond acceptors (Lipinski definition) is 3. The predicted molar refractivity (Wildman–Crippen MR) is 79.4 cm³/mol. The Hall–Kier alpha value is -2.36.